The molecule has 3 atom stereocenters. The average molecular weight is 453 g/mol. The number of hydrogen-bond acceptors (Lipinski definition) is 1. The third kappa shape index (κ3) is 3.45. The summed E-state index contributed by atoms with van der Waals surface area (Å²) in [6.45, 7) is 9.65. The number of nitrogens with zero attached hydrogens (tertiary/aromatic N) is 2. The number of aryl methyl sites for hydroxylation is 2. The quantitative estimate of drug-likeness (QED) is 0.423. The molecule has 3 nitrogen and oxygen atoms in total. The van der Waals surface area contributed by atoms with Gasteiger partial charge in [0, 0.05) is 31.0 Å². The molecule has 2 bridgehead atoms. The van der Waals surface area contributed by atoms with Crippen molar-refractivity contribution in [3.05, 3.63) is 107 Å². The van der Waals surface area contributed by atoms with Crippen LogP contribution in [0.15, 0.2) is 78.9 Å². The Balaban J connectivity index is 1.61. The molecule has 3 aromatic rings. The van der Waals surface area contributed by atoms with Crippen molar-refractivity contribution in [3.8, 4) is 0 Å². The number of urea groups is 1. The lowest BCUT2D eigenvalue weighted by Crippen LogP contribution is -2.88. The van der Waals surface area contributed by atoms with Gasteiger partial charge in [-0.1, -0.05) is 104 Å². The van der Waals surface area contributed by atoms with Crippen molar-refractivity contribution in [2.45, 2.75) is 58.7 Å². The van der Waals surface area contributed by atoms with Gasteiger partial charge < -0.3 is 9.80 Å². The van der Waals surface area contributed by atoms with Crippen LogP contribution in [0, 0.1) is 25.2 Å². The zero-order valence-corrected chi connectivity index (χ0v) is 21.1. The van der Waals surface area contributed by atoms with Crippen molar-refractivity contribution in [1.29, 1.82) is 0 Å². The van der Waals surface area contributed by atoms with Crippen LogP contribution < -0.4 is 0 Å². The van der Waals surface area contributed by atoms with E-state index in [1.54, 1.807) is 0 Å². The first-order valence-electron chi connectivity index (χ1n) is 12.4. The molecule has 1 aliphatic carbocycles. The van der Waals surface area contributed by atoms with Gasteiger partial charge in [-0.3, -0.25) is 0 Å². The Morgan fingerprint density at radius 3 is 1.91 bits per heavy atom. The van der Waals surface area contributed by atoms with Crippen LogP contribution in [-0.2, 0) is 19.4 Å². The van der Waals surface area contributed by atoms with Gasteiger partial charge in [0.2, 0.25) is 0 Å². The second kappa shape index (κ2) is 8.30. The fourth-order valence-corrected chi connectivity index (χ4v) is 6.89. The topological polar surface area (TPSA) is 23.6 Å². The monoisotopic (exact) mass is 452 g/mol. The molecule has 176 valence electrons. The van der Waals surface area contributed by atoms with E-state index in [0.29, 0.717) is 12.5 Å². The second-order valence-electron chi connectivity index (χ2n) is 11.0. The van der Waals surface area contributed by atoms with Crippen molar-refractivity contribution in [3.63, 3.8) is 0 Å². The third-order valence-electron chi connectivity index (χ3n) is 8.64. The van der Waals surface area contributed by atoms with E-state index < -0.39 is 0 Å². The summed E-state index contributed by atoms with van der Waals surface area (Å²) in [4.78, 5) is 18.0. The van der Waals surface area contributed by atoms with E-state index in [9.17, 15) is 4.79 Å². The number of amides is 2. The number of carbonyl (C=O) groups excluding carboxylic acids is 1. The van der Waals surface area contributed by atoms with Gasteiger partial charge in [0.15, 0.2) is 0 Å². The second-order valence-corrected chi connectivity index (χ2v) is 11.0. The normalized spacial score (nSPS) is 25.3. The van der Waals surface area contributed by atoms with E-state index in [-0.39, 0.29) is 23.0 Å². The fourth-order valence-electron chi connectivity index (χ4n) is 6.89. The highest BCUT2D eigenvalue weighted by molar-refractivity contribution is 5.79. The summed E-state index contributed by atoms with van der Waals surface area (Å²) in [6, 6.07) is 28.7. The molecule has 3 heteroatoms. The molecule has 5 rings (SSSR count). The molecular weight excluding hydrogens is 416 g/mol. The maximum atomic E-state index is 13.8. The molecule has 1 heterocycles. The minimum absolute atomic E-state index is 0.0370. The Kier molecular flexibility index (Phi) is 5.55. The van der Waals surface area contributed by atoms with Gasteiger partial charge in [-0.2, -0.15) is 0 Å². The smallest absolute Gasteiger partial charge is 0.320 e. The Morgan fingerprint density at radius 1 is 0.765 bits per heavy atom. The molecule has 1 aliphatic heterocycles. The zero-order chi connectivity index (χ0) is 24.1. The first kappa shape index (κ1) is 22.7. The fraction of sp³-hybridized carbons (Fsp3) is 0.387. The number of rotatable bonds is 6. The van der Waals surface area contributed by atoms with E-state index in [1.165, 1.54) is 27.8 Å². The Morgan fingerprint density at radius 2 is 1.32 bits per heavy atom. The lowest BCUT2D eigenvalue weighted by atomic mass is 9.41. The van der Waals surface area contributed by atoms with Gasteiger partial charge in [-0.15, -0.1) is 0 Å². The maximum Gasteiger partial charge on any atom is 0.320 e. The summed E-state index contributed by atoms with van der Waals surface area (Å²) >= 11 is 0. The molecule has 0 radical (unpaired) electrons. The van der Waals surface area contributed by atoms with Crippen molar-refractivity contribution < 1.29 is 4.79 Å². The van der Waals surface area contributed by atoms with Crippen LogP contribution in [0.4, 0.5) is 4.79 Å². The first-order chi connectivity index (χ1) is 16.2. The summed E-state index contributed by atoms with van der Waals surface area (Å²) in [5.41, 5.74) is 6.10. The van der Waals surface area contributed by atoms with Crippen LogP contribution in [0.25, 0.3) is 0 Å². The van der Waals surface area contributed by atoms with Gasteiger partial charge in [0.25, 0.3) is 0 Å². The summed E-state index contributed by atoms with van der Waals surface area (Å²) in [5.74, 6) is 0.359. The number of hydrogen-bond donors (Lipinski definition) is 0. The predicted octanol–water partition coefficient (Wildman–Crippen LogP) is 6.42. The molecule has 2 fully saturated rings. The molecule has 0 aromatic heterocycles. The molecule has 1 saturated carbocycles. The summed E-state index contributed by atoms with van der Waals surface area (Å²) in [5, 5.41) is 0. The minimum atomic E-state index is -0.253. The largest absolute Gasteiger partial charge is 0.324 e. The molecular formula is C31H36N2O. The van der Waals surface area contributed by atoms with Crippen LogP contribution in [0.1, 0.15) is 41.7 Å². The number of carbonyl (C=O) groups is 1. The Hall–Kier alpha value is -3.07. The Labute approximate surface area is 204 Å². The van der Waals surface area contributed by atoms with Crippen LogP contribution >= 0.6 is 0 Å². The SMILES string of the molecule is Cc1ccc(CC2C3N(C)C(=O)N(Cc4ccccc4)C2(Cc2ccc(C)cc2)C3(C)C)cc1. The molecule has 34 heavy (non-hydrogen) atoms. The molecule has 2 aliphatic rings. The standard InChI is InChI=1S/C31H36N2O/c1-22-11-15-24(16-12-22)19-27-28-30(3,4)31(27,20-25-17-13-23(2)14-18-25)33(29(34)32(28)5)21-26-9-7-6-8-10-26/h6-18,27-28H,19-21H2,1-5H3. The first-order valence-corrected chi connectivity index (χ1v) is 12.4. The predicted molar refractivity (Wildman–Crippen MR) is 139 cm³/mol. The van der Waals surface area contributed by atoms with Crippen molar-refractivity contribution >= 4 is 6.03 Å². The highest BCUT2D eigenvalue weighted by atomic mass is 16.2. The van der Waals surface area contributed by atoms with Gasteiger partial charge >= 0.3 is 6.03 Å². The average Bonchev–Trinajstić information content (AvgIpc) is 2.82. The van der Waals surface area contributed by atoms with E-state index >= 15 is 0 Å². The zero-order valence-electron chi connectivity index (χ0n) is 21.1. The van der Waals surface area contributed by atoms with E-state index in [2.05, 4.69) is 105 Å². The number of fused-ring (bicyclic) bond motifs is 2. The summed E-state index contributed by atoms with van der Waals surface area (Å²) < 4.78 is 0. The third-order valence-corrected chi connectivity index (χ3v) is 8.64. The molecule has 0 N–H and O–H groups in total. The van der Waals surface area contributed by atoms with Crippen LogP contribution in [0.5, 0.6) is 0 Å². The summed E-state index contributed by atoms with van der Waals surface area (Å²) in [6.07, 6.45) is 1.85. The molecule has 1 saturated heterocycles. The van der Waals surface area contributed by atoms with Crippen molar-refractivity contribution in [1.82, 2.24) is 9.80 Å². The maximum absolute atomic E-state index is 13.8. The van der Waals surface area contributed by atoms with Gasteiger partial charge in [-0.25, -0.2) is 4.79 Å². The van der Waals surface area contributed by atoms with Crippen LogP contribution in [0.3, 0.4) is 0 Å². The van der Waals surface area contributed by atoms with Gasteiger partial charge in [-0.05, 0) is 43.4 Å². The van der Waals surface area contributed by atoms with Crippen molar-refractivity contribution in [2.24, 2.45) is 11.3 Å². The number of benzene rings is 3. The van der Waals surface area contributed by atoms with Gasteiger partial charge in [0.1, 0.15) is 0 Å². The summed E-state index contributed by atoms with van der Waals surface area (Å²) in [7, 11) is 2.00. The van der Waals surface area contributed by atoms with E-state index in [0.717, 1.165) is 12.8 Å². The minimum Gasteiger partial charge on any atom is -0.324 e. The lowest BCUT2D eigenvalue weighted by Gasteiger charge is -2.76. The highest BCUT2D eigenvalue weighted by Gasteiger charge is 2.75. The van der Waals surface area contributed by atoms with Crippen LogP contribution in [0.2, 0.25) is 0 Å². The molecule has 2 amide bonds. The van der Waals surface area contributed by atoms with E-state index in [1.807, 2.05) is 18.0 Å². The molecule has 3 unspecified atom stereocenters. The van der Waals surface area contributed by atoms with Crippen molar-refractivity contribution in [2.75, 3.05) is 7.05 Å². The molecule has 3 aromatic carbocycles. The Bertz CT molecular complexity index is 1170. The lowest BCUT2D eigenvalue weighted by molar-refractivity contribution is -0.228. The van der Waals surface area contributed by atoms with E-state index in [4.69, 9.17) is 0 Å². The van der Waals surface area contributed by atoms with Gasteiger partial charge in [0.05, 0.1) is 5.54 Å². The molecule has 0 spiro atoms. The van der Waals surface area contributed by atoms with Crippen LogP contribution in [-0.4, -0.2) is 34.5 Å². The highest BCUT2D eigenvalue weighted by Crippen LogP contribution is 2.64.